The lowest BCUT2D eigenvalue weighted by molar-refractivity contribution is -0.116. The average molecular weight is 401 g/mol. The molecule has 3 amide bonds. The molecule has 0 saturated carbocycles. The van der Waals surface area contributed by atoms with Crippen molar-refractivity contribution < 1.29 is 14.4 Å². The Morgan fingerprint density at radius 1 is 0.733 bits per heavy atom. The molecule has 3 N–H and O–H groups in total. The summed E-state index contributed by atoms with van der Waals surface area (Å²) in [7, 11) is 1.56. The Hall–Kier alpha value is -3.93. The van der Waals surface area contributed by atoms with Crippen molar-refractivity contribution in [3.05, 3.63) is 102 Å². The van der Waals surface area contributed by atoms with Gasteiger partial charge < -0.3 is 16.0 Å². The maximum Gasteiger partial charge on any atom is 0.251 e. The molecule has 0 spiro atoms. The van der Waals surface area contributed by atoms with Gasteiger partial charge in [0.2, 0.25) is 5.91 Å². The van der Waals surface area contributed by atoms with Gasteiger partial charge in [-0.15, -0.1) is 0 Å². The summed E-state index contributed by atoms with van der Waals surface area (Å²) in [4.78, 5) is 36.9. The van der Waals surface area contributed by atoms with Gasteiger partial charge in [-0.05, 0) is 42.0 Å². The lowest BCUT2D eigenvalue weighted by Crippen LogP contribution is -2.31. The maximum absolute atomic E-state index is 12.6. The van der Waals surface area contributed by atoms with Crippen molar-refractivity contribution in [1.82, 2.24) is 10.6 Å². The highest BCUT2D eigenvalue weighted by molar-refractivity contribution is 5.97. The van der Waals surface area contributed by atoms with Gasteiger partial charge in [0.1, 0.15) is 0 Å². The molecule has 0 aliphatic heterocycles. The summed E-state index contributed by atoms with van der Waals surface area (Å²) in [5.41, 5.74) is 2.46. The van der Waals surface area contributed by atoms with Crippen LogP contribution in [0, 0.1) is 0 Å². The third-order valence-corrected chi connectivity index (χ3v) is 4.59. The minimum atomic E-state index is -0.482. The fourth-order valence-electron chi connectivity index (χ4n) is 3.02. The van der Waals surface area contributed by atoms with E-state index in [0.717, 1.165) is 5.56 Å². The first-order valence-corrected chi connectivity index (χ1v) is 9.59. The Morgan fingerprint density at radius 2 is 1.30 bits per heavy atom. The molecule has 0 aromatic heterocycles. The SMILES string of the molecule is CNC(=O)c1ccc(NC(=O)C[C@@H](NC(=O)c2ccccc2)c2ccccc2)cc1. The Balaban J connectivity index is 1.70. The zero-order valence-electron chi connectivity index (χ0n) is 16.6. The highest BCUT2D eigenvalue weighted by Crippen LogP contribution is 2.19. The number of rotatable bonds is 7. The molecular formula is C24H23N3O3. The van der Waals surface area contributed by atoms with Crippen molar-refractivity contribution in [2.75, 3.05) is 12.4 Å². The van der Waals surface area contributed by atoms with Gasteiger partial charge >= 0.3 is 0 Å². The van der Waals surface area contributed by atoms with Crippen LogP contribution in [0.4, 0.5) is 5.69 Å². The minimum absolute atomic E-state index is 0.0692. The molecule has 6 heteroatoms. The second-order valence-corrected chi connectivity index (χ2v) is 6.71. The molecule has 6 nitrogen and oxygen atoms in total. The Labute approximate surface area is 175 Å². The molecule has 0 fully saturated rings. The second-order valence-electron chi connectivity index (χ2n) is 6.71. The van der Waals surface area contributed by atoms with E-state index in [-0.39, 0.29) is 24.1 Å². The van der Waals surface area contributed by atoms with Crippen LogP contribution in [0.5, 0.6) is 0 Å². The first-order valence-electron chi connectivity index (χ1n) is 9.59. The van der Waals surface area contributed by atoms with Gasteiger partial charge in [-0.2, -0.15) is 0 Å². The molecule has 3 aromatic rings. The fourth-order valence-corrected chi connectivity index (χ4v) is 3.02. The zero-order chi connectivity index (χ0) is 21.3. The summed E-state index contributed by atoms with van der Waals surface area (Å²) in [6.45, 7) is 0. The van der Waals surface area contributed by atoms with E-state index in [1.54, 1.807) is 55.6 Å². The lowest BCUT2D eigenvalue weighted by Gasteiger charge is -2.19. The predicted octanol–water partition coefficient (Wildman–Crippen LogP) is 3.55. The Bertz CT molecular complexity index is 1000. The summed E-state index contributed by atoms with van der Waals surface area (Å²) in [6.07, 6.45) is 0.0692. The van der Waals surface area contributed by atoms with E-state index in [9.17, 15) is 14.4 Å². The smallest absolute Gasteiger partial charge is 0.251 e. The van der Waals surface area contributed by atoms with E-state index in [4.69, 9.17) is 0 Å². The van der Waals surface area contributed by atoms with E-state index in [2.05, 4.69) is 16.0 Å². The van der Waals surface area contributed by atoms with Gasteiger partial charge in [0.25, 0.3) is 11.8 Å². The van der Waals surface area contributed by atoms with E-state index in [1.807, 2.05) is 36.4 Å². The molecule has 152 valence electrons. The number of hydrogen-bond acceptors (Lipinski definition) is 3. The van der Waals surface area contributed by atoms with Crippen LogP contribution in [0.2, 0.25) is 0 Å². The van der Waals surface area contributed by atoms with Crippen LogP contribution >= 0.6 is 0 Å². The molecule has 0 bridgehead atoms. The molecule has 0 saturated heterocycles. The molecule has 3 aromatic carbocycles. The average Bonchev–Trinajstić information content (AvgIpc) is 2.79. The van der Waals surface area contributed by atoms with Crippen molar-refractivity contribution in [2.24, 2.45) is 0 Å². The zero-order valence-corrected chi connectivity index (χ0v) is 16.6. The molecule has 0 aliphatic rings. The van der Waals surface area contributed by atoms with Crippen molar-refractivity contribution in [3.8, 4) is 0 Å². The summed E-state index contributed by atoms with van der Waals surface area (Å²) in [5, 5.41) is 8.31. The molecule has 0 aliphatic carbocycles. The second kappa shape index (κ2) is 10.0. The van der Waals surface area contributed by atoms with Crippen LogP contribution in [-0.2, 0) is 4.79 Å². The molecule has 1 atom stereocenters. The third-order valence-electron chi connectivity index (χ3n) is 4.59. The number of carbonyl (C=O) groups excluding carboxylic acids is 3. The molecular weight excluding hydrogens is 378 g/mol. The van der Waals surface area contributed by atoms with Gasteiger partial charge in [-0.25, -0.2) is 0 Å². The normalized spacial score (nSPS) is 11.2. The molecule has 0 radical (unpaired) electrons. The van der Waals surface area contributed by atoms with Crippen molar-refractivity contribution in [1.29, 1.82) is 0 Å². The highest BCUT2D eigenvalue weighted by atomic mass is 16.2. The van der Waals surface area contributed by atoms with Crippen LogP contribution in [0.15, 0.2) is 84.9 Å². The van der Waals surface area contributed by atoms with Gasteiger partial charge in [-0.1, -0.05) is 48.5 Å². The van der Waals surface area contributed by atoms with E-state index < -0.39 is 6.04 Å². The summed E-state index contributed by atoms with van der Waals surface area (Å²) in [5.74, 6) is -0.683. The molecule has 3 rings (SSSR count). The number of benzene rings is 3. The summed E-state index contributed by atoms with van der Waals surface area (Å²) < 4.78 is 0. The highest BCUT2D eigenvalue weighted by Gasteiger charge is 2.19. The van der Waals surface area contributed by atoms with Crippen LogP contribution in [0.3, 0.4) is 0 Å². The first kappa shape index (κ1) is 20.8. The quantitative estimate of drug-likeness (QED) is 0.566. The van der Waals surface area contributed by atoms with Crippen LogP contribution in [0.1, 0.15) is 38.7 Å². The first-order chi connectivity index (χ1) is 14.6. The van der Waals surface area contributed by atoms with Crippen LogP contribution in [-0.4, -0.2) is 24.8 Å². The third kappa shape index (κ3) is 5.54. The maximum atomic E-state index is 12.6. The molecule has 0 heterocycles. The molecule has 0 unspecified atom stereocenters. The van der Waals surface area contributed by atoms with Crippen molar-refractivity contribution in [3.63, 3.8) is 0 Å². The number of nitrogens with one attached hydrogen (secondary N) is 3. The fraction of sp³-hybridized carbons (Fsp3) is 0.125. The number of amides is 3. The summed E-state index contributed by atoms with van der Waals surface area (Å²) in [6, 6.07) is 24.4. The number of carbonyl (C=O) groups is 3. The van der Waals surface area contributed by atoms with Gasteiger partial charge in [0.15, 0.2) is 0 Å². The van der Waals surface area contributed by atoms with Gasteiger partial charge in [0, 0.05) is 23.9 Å². The monoisotopic (exact) mass is 401 g/mol. The summed E-state index contributed by atoms with van der Waals surface area (Å²) >= 11 is 0. The van der Waals surface area contributed by atoms with E-state index in [1.165, 1.54) is 0 Å². The molecule has 30 heavy (non-hydrogen) atoms. The van der Waals surface area contributed by atoms with Gasteiger partial charge in [0.05, 0.1) is 12.5 Å². The van der Waals surface area contributed by atoms with E-state index >= 15 is 0 Å². The number of anilines is 1. The van der Waals surface area contributed by atoms with Crippen LogP contribution < -0.4 is 16.0 Å². The Kier molecular flexibility index (Phi) is 6.95. The minimum Gasteiger partial charge on any atom is -0.355 e. The van der Waals surface area contributed by atoms with Crippen molar-refractivity contribution >= 4 is 23.4 Å². The lowest BCUT2D eigenvalue weighted by atomic mass is 10.0. The topological polar surface area (TPSA) is 87.3 Å². The standard InChI is InChI=1S/C24H23N3O3/c1-25-23(29)19-12-14-20(15-13-19)26-22(28)16-21(17-8-4-2-5-9-17)27-24(30)18-10-6-3-7-11-18/h2-15,21H,16H2,1H3,(H,25,29)(H,26,28)(H,27,30)/t21-/m1/s1. The van der Waals surface area contributed by atoms with Crippen molar-refractivity contribution in [2.45, 2.75) is 12.5 Å². The largest absolute Gasteiger partial charge is 0.355 e. The van der Waals surface area contributed by atoms with Gasteiger partial charge in [-0.3, -0.25) is 14.4 Å². The Morgan fingerprint density at radius 3 is 1.90 bits per heavy atom. The van der Waals surface area contributed by atoms with Crippen LogP contribution in [0.25, 0.3) is 0 Å². The van der Waals surface area contributed by atoms with E-state index in [0.29, 0.717) is 16.8 Å². The predicted molar refractivity (Wildman–Crippen MR) is 116 cm³/mol. The number of hydrogen-bond donors (Lipinski definition) is 3.